The second-order valence-corrected chi connectivity index (χ2v) is 9.99. The van der Waals surface area contributed by atoms with Gasteiger partial charge in [-0.2, -0.15) is 0 Å². The zero-order chi connectivity index (χ0) is 22.4. The fourth-order valence-corrected chi connectivity index (χ4v) is 5.01. The molecule has 0 saturated carbocycles. The molecule has 8 heteroatoms. The van der Waals surface area contributed by atoms with Gasteiger partial charge >= 0.3 is 5.97 Å². The van der Waals surface area contributed by atoms with Crippen molar-refractivity contribution in [3.8, 4) is 11.5 Å². The van der Waals surface area contributed by atoms with Crippen molar-refractivity contribution in [2.24, 2.45) is 5.41 Å². The van der Waals surface area contributed by atoms with Crippen molar-refractivity contribution >= 4 is 15.8 Å². The molecule has 0 aliphatic carbocycles. The van der Waals surface area contributed by atoms with Crippen LogP contribution < -0.4 is 10.1 Å². The average molecular weight is 438 g/mol. The first kappa shape index (κ1) is 23.8. The minimum Gasteiger partial charge on any atom is -0.465 e. The van der Waals surface area contributed by atoms with Crippen molar-refractivity contribution in [3.05, 3.63) is 54.3 Å². The molecule has 30 heavy (non-hydrogen) atoms. The Bertz CT molecular complexity index is 935. The number of sulfone groups is 1. The van der Waals surface area contributed by atoms with E-state index in [0.717, 1.165) is 0 Å². The lowest BCUT2D eigenvalue weighted by Crippen LogP contribution is -2.44. The summed E-state index contributed by atoms with van der Waals surface area (Å²) in [5.74, 6) is 0.0921. The van der Waals surface area contributed by atoms with Crippen LogP contribution in [0, 0.1) is 11.2 Å². The summed E-state index contributed by atoms with van der Waals surface area (Å²) in [5, 5.41) is 2.13. The zero-order valence-electron chi connectivity index (χ0n) is 17.6. The molecule has 0 aliphatic rings. The molecule has 6 nitrogen and oxygen atoms in total. The third-order valence-corrected chi connectivity index (χ3v) is 7.00. The number of halogens is 1. The van der Waals surface area contributed by atoms with E-state index in [2.05, 4.69) is 5.32 Å². The monoisotopic (exact) mass is 437 g/mol. The van der Waals surface area contributed by atoms with Crippen LogP contribution >= 0.6 is 0 Å². The summed E-state index contributed by atoms with van der Waals surface area (Å²) in [7, 11) is -3.68. The number of carbonyl (C=O) groups is 1. The Morgan fingerprint density at radius 1 is 1.03 bits per heavy atom. The van der Waals surface area contributed by atoms with E-state index in [1.54, 1.807) is 19.1 Å². The number of ether oxygens (including phenoxy) is 2. The molecule has 2 rings (SSSR count). The van der Waals surface area contributed by atoms with Crippen molar-refractivity contribution < 1.29 is 27.1 Å². The highest BCUT2D eigenvalue weighted by atomic mass is 32.2. The molecule has 2 aromatic carbocycles. The van der Waals surface area contributed by atoms with Crippen LogP contribution in [0.5, 0.6) is 11.5 Å². The lowest BCUT2D eigenvalue weighted by atomic mass is 9.91. The summed E-state index contributed by atoms with van der Waals surface area (Å²) in [4.78, 5) is 11.7. The van der Waals surface area contributed by atoms with Gasteiger partial charge in [-0.05, 0) is 60.9 Å². The van der Waals surface area contributed by atoms with E-state index in [-0.39, 0.29) is 30.4 Å². The van der Waals surface area contributed by atoms with Crippen LogP contribution in [0.4, 0.5) is 4.39 Å². The predicted molar refractivity (Wildman–Crippen MR) is 113 cm³/mol. The van der Waals surface area contributed by atoms with Gasteiger partial charge in [-0.3, -0.25) is 4.79 Å². The Hall–Kier alpha value is -2.45. The Morgan fingerprint density at radius 2 is 1.57 bits per heavy atom. The van der Waals surface area contributed by atoms with Gasteiger partial charge in [0.25, 0.3) is 0 Å². The smallest absolute Gasteiger partial charge is 0.319 e. The van der Waals surface area contributed by atoms with Gasteiger partial charge in [0.05, 0.1) is 23.3 Å². The molecule has 0 spiro atoms. The summed E-state index contributed by atoms with van der Waals surface area (Å²) in [6, 6.07) is 11.6. The van der Waals surface area contributed by atoms with Crippen LogP contribution in [0.25, 0.3) is 0 Å². The highest BCUT2D eigenvalue weighted by Crippen LogP contribution is 2.31. The van der Waals surface area contributed by atoms with Crippen molar-refractivity contribution in [2.75, 3.05) is 19.7 Å². The van der Waals surface area contributed by atoms with Gasteiger partial charge in [0.2, 0.25) is 0 Å². The van der Waals surface area contributed by atoms with E-state index in [9.17, 15) is 17.6 Å². The summed E-state index contributed by atoms with van der Waals surface area (Å²) < 4.78 is 50.0. The first-order valence-electron chi connectivity index (χ1n) is 9.67. The molecular formula is C22H28FNO5S. The van der Waals surface area contributed by atoms with Gasteiger partial charge in [-0.15, -0.1) is 0 Å². The molecule has 0 aromatic heterocycles. The van der Waals surface area contributed by atoms with E-state index in [4.69, 9.17) is 9.47 Å². The van der Waals surface area contributed by atoms with Gasteiger partial charge in [0, 0.05) is 6.54 Å². The summed E-state index contributed by atoms with van der Waals surface area (Å²) in [6.07, 6.45) is 0. The molecule has 2 aromatic rings. The van der Waals surface area contributed by atoms with Crippen LogP contribution in [-0.2, 0) is 19.4 Å². The van der Waals surface area contributed by atoms with E-state index >= 15 is 0 Å². The number of esters is 1. The summed E-state index contributed by atoms with van der Waals surface area (Å²) in [6.45, 7) is 7.56. The molecule has 0 radical (unpaired) electrons. The van der Waals surface area contributed by atoms with Crippen molar-refractivity contribution in [2.45, 2.75) is 37.8 Å². The molecule has 1 unspecified atom stereocenters. The van der Waals surface area contributed by atoms with Gasteiger partial charge in [-0.25, -0.2) is 12.8 Å². The van der Waals surface area contributed by atoms with Crippen molar-refractivity contribution in [1.29, 1.82) is 0 Å². The fraction of sp³-hybridized carbons (Fsp3) is 0.409. The molecule has 0 amide bonds. The lowest BCUT2D eigenvalue weighted by Gasteiger charge is -2.30. The number of benzene rings is 2. The second kappa shape index (κ2) is 10.0. The first-order valence-corrected chi connectivity index (χ1v) is 11.2. The number of rotatable bonds is 9. The number of carbonyl (C=O) groups excluding carboxylic acids is 1. The van der Waals surface area contributed by atoms with Crippen LogP contribution in [0.2, 0.25) is 0 Å². The molecule has 164 valence electrons. The topological polar surface area (TPSA) is 81.7 Å². The van der Waals surface area contributed by atoms with Crippen LogP contribution in [0.3, 0.4) is 0 Å². The highest BCUT2D eigenvalue weighted by molar-refractivity contribution is 7.92. The van der Waals surface area contributed by atoms with Gasteiger partial charge in [0.1, 0.15) is 17.3 Å². The third-order valence-electron chi connectivity index (χ3n) is 4.45. The maximum atomic E-state index is 13.2. The fourth-order valence-electron chi connectivity index (χ4n) is 2.90. The van der Waals surface area contributed by atoms with Crippen LogP contribution in [-0.4, -0.2) is 39.3 Å². The Balaban J connectivity index is 2.14. The third kappa shape index (κ3) is 6.53. The standard InChI is InChI=1S/C22H28FNO5S/c1-5-28-21(25)15-24-14-20(22(2,3)4)30(26,27)19-12-10-18(11-13-19)29-17-8-6-16(23)7-9-17/h6-13,20,24H,5,14-15H2,1-4H3. The molecule has 0 bridgehead atoms. The molecule has 1 N–H and O–H groups in total. The zero-order valence-corrected chi connectivity index (χ0v) is 18.5. The normalized spacial score (nSPS) is 13.0. The Morgan fingerprint density at radius 3 is 2.07 bits per heavy atom. The maximum Gasteiger partial charge on any atom is 0.319 e. The average Bonchev–Trinajstić information content (AvgIpc) is 2.66. The molecular weight excluding hydrogens is 409 g/mol. The quantitative estimate of drug-likeness (QED) is 0.598. The van der Waals surface area contributed by atoms with Crippen LogP contribution in [0.15, 0.2) is 53.4 Å². The molecule has 0 heterocycles. The lowest BCUT2D eigenvalue weighted by molar-refractivity contribution is -0.142. The summed E-state index contributed by atoms with van der Waals surface area (Å²) in [5.41, 5.74) is -0.566. The number of nitrogens with one attached hydrogen (secondary N) is 1. The minimum absolute atomic E-state index is 0.0552. The SMILES string of the molecule is CCOC(=O)CNCC(C(C)(C)C)S(=O)(=O)c1ccc(Oc2ccc(F)cc2)cc1. The Labute approximate surface area is 177 Å². The number of hydrogen-bond acceptors (Lipinski definition) is 6. The van der Waals surface area contributed by atoms with Gasteiger partial charge in [0.15, 0.2) is 9.84 Å². The molecule has 0 saturated heterocycles. The predicted octanol–water partition coefficient (Wildman–Crippen LogP) is 3.96. The van der Waals surface area contributed by atoms with Crippen LogP contribution in [0.1, 0.15) is 27.7 Å². The molecule has 0 fully saturated rings. The minimum atomic E-state index is -3.68. The highest BCUT2D eigenvalue weighted by Gasteiger charge is 2.37. The van der Waals surface area contributed by atoms with E-state index in [1.165, 1.54) is 36.4 Å². The van der Waals surface area contributed by atoms with Crippen molar-refractivity contribution in [3.63, 3.8) is 0 Å². The van der Waals surface area contributed by atoms with Gasteiger partial charge < -0.3 is 14.8 Å². The van der Waals surface area contributed by atoms with Gasteiger partial charge in [-0.1, -0.05) is 20.8 Å². The number of hydrogen-bond donors (Lipinski definition) is 1. The molecule has 0 aliphatic heterocycles. The van der Waals surface area contributed by atoms with E-state index in [1.807, 2.05) is 20.8 Å². The van der Waals surface area contributed by atoms with E-state index < -0.39 is 26.5 Å². The molecule has 1 atom stereocenters. The largest absolute Gasteiger partial charge is 0.465 e. The first-order chi connectivity index (χ1) is 14.0. The van der Waals surface area contributed by atoms with Crippen molar-refractivity contribution in [1.82, 2.24) is 5.32 Å². The summed E-state index contributed by atoms with van der Waals surface area (Å²) >= 11 is 0. The Kier molecular flexibility index (Phi) is 7.97. The second-order valence-electron chi connectivity index (χ2n) is 7.86. The van der Waals surface area contributed by atoms with E-state index in [0.29, 0.717) is 11.5 Å². The maximum absolute atomic E-state index is 13.2.